The summed E-state index contributed by atoms with van der Waals surface area (Å²) in [6.07, 6.45) is 8.09. The van der Waals surface area contributed by atoms with Gasteiger partial charge in [0.15, 0.2) is 0 Å². The minimum atomic E-state index is -0.918. The molecule has 0 saturated carbocycles. The highest BCUT2D eigenvalue weighted by molar-refractivity contribution is 8.02. The van der Waals surface area contributed by atoms with Crippen molar-refractivity contribution in [3.05, 3.63) is 84.5 Å². The number of hydrogen-bond donors (Lipinski definition) is 1. The number of anilines is 2. The topological polar surface area (TPSA) is 84.4 Å². The van der Waals surface area contributed by atoms with Gasteiger partial charge in [0.25, 0.3) is 5.91 Å². The van der Waals surface area contributed by atoms with E-state index in [0.717, 1.165) is 30.0 Å². The van der Waals surface area contributed by atoms with E-state index in [1.165, 1.54) is 0 Å². The van der Waals surface area contributed by atoms with Crippen LogP contribution in [-0.2, 0) is 20.9 Å². The predicted molar refractivity (Wildman–Crippen MR) is 171 cm³/mol. The van der Waals surface area contributed by atoms with Crippen molar-refractivity contribution in [3.63, 3.8) is 0 Å². The third-order valence-electron chi connectivity index (χ3n) is 9.43. The molecule has 0 radical (unpaired) electrons. The van der Waals surface area contributed by atoms with Crippen LogP contribution >= 0.6 is 11.8 Å². The van der Waals surface area contributed by atoms with Crippen molar-refractivity contribution in [2.24, 2.45) is 11.8 Å². The van der Waals surface area contributed by atoms with Gasteiger partial charge >= 0.3 is 0 Å². The van der Waals surface area contributed by atoms with Gasteiger partial charge in [0.05, 0.1) is 29.2 Å². The fraction of sp³-hybridized carbons (Fsp3) is 0.441. The normalized spacial score (nSPS) is 28.8. The molecule has 9 heteroatoms. The first-order valence-corrected chi connectivity index (χ1v) is 16.2. The Bertz CT molecular complexity index is 1430. The zero-order valence-corrected chi connectivity index (χ0v) is 25.8. The molecule has 0 bridgehead atoms. The fourth-order valence-corrected chi connectivity index (χ4v) is 9.29. The summed E-state index contributed by atoms with van der Waals surface area (Å²) in [5, 5.41) is 10.0. The molecule has 4 aliphatic heterocycles. The Balaban J connectivity index is 1.37. The van der Waals surface area contributed by atoms with E-state index in [9.17, 15) is 19.5 Å². The smallest absolute Gasteiger partial charge is 0.251 e. The molecule has 2 saturated heterocycles. The van der Waals surface area contributed by atoms with E-state index in [2.05, 4.69) is 24.8 Å². The van der Waals surface area contributed by atoms with Crippen molar-refractivity contribution in [2.75, 3.05) is 42.6 Å². The number of likely N-dealkylation sites (tertiary alicyclic amines) is 1. The molecular weight excluding hydrogens is 560 g/mol. The van der Waals surface area contributed by atoms with Crippen LogP contribution in [0.2, 0.25) is 0 Å². The van der Waals surface area contributed by atoms with Crippen molar-refractivity contribution in [3.8, 4) is 0 Å². The van der Waals surface area contributed by atoms with Gasteiger partial charge in [-0.3, -0.25) is 14.4 Å². The second-order valence-corrected chi connectivity index (χ2v) is 13.3. The number of aliphatic hydroxyl groups is 1. The maximum Gasteiger partial charge on any atom is 0.251 e. The summed E-state index contributed by atoms with van der Waals surface area (Å²) in [6, 6.07) is 16.5. The van der Waals surface area contributed by atoms with E-state index in [-0.39, 0.29) is 29.6 Å². The van der Waals surface area contributed by atoms with Gasteiger partial charge in [0.2, 0.25) is 11.8 Å². The molecule has 8 nitrogen and oxygen atoms in total. The maximum absolute atomic E-state index is 14.6. The number of amides is 3. The molecule has 4 aliphatic rings. The summed E-state index contributed by atoms with van der Waals surface area (Å²) in [4.78, 5) is 50.7. The standard InChI is InChI=1S/C34H40N4O4S/c1-4-35(5-2)25-14-16-26(17-15-25)37-20-10-18-34-29(32(41)38(23(3)22-39)30(34)33(37)42)28-27(43-34)13-9-19-36(31(28)40)21-24-11-7-6-8-12-24/h6-18,23,27-30,39H,4-5,19-22H2,1-3H3/t23-,27-,28+,29+,30?,34+/m1/s1. The lowest BCUT2D eigenvalue weighted by atomic mass is 9.78. The van der Waals surface area contributed by atoms with Gasteiger partial charge in [0.1, 0.15) is 6.04 Å². The van der Waals surface area contributed by atoms with Gasteiger partial charge < -0.3 is 24.7 Å². The molecule has 1 spiro atoms. The Morgan fingerprint density at radius 1 is 0.953 bits per heavy atom. The lowest BCUT2D eigenvalue weighted by Gasteiger charge is -2.37. The Morgan fingerprint density at radius 2 is 1.67 bits per heavy atom. The molecule has 3 amide bonds. The zero-order valence-electron chi connectivity index (χ0n) is 25.0. The minimum Gasteiger partial charge on any atom is -0.394 e. The van der Waals surface area contributed by atoms with Gasteiger partial charge in [-0.25, -0.2) is 0 Å². The van der Waals surface area contributed by atoms with Gasteiger partial charge in [-0.05, 0) is 50.6 Å². The lowest BCUT2D eigenvalue weighted by Crippen LogP contribution is -2.56. The summed E-state index contributed by atoms with van der Waals surface area (Å²) in [5.74, 6) is -1.78. The van der Waals surface area contributed by atoms with E-state index in [1.54, 1.807) is 28.5 Å². The van der Waals surface area contributed by atoms with Crippen LogP contribution in [0.1, 0.15) is 26.3 Å². The number of aliphatic hydroxyl groups excluding tert-OH is 1. The quantitative estimate of drug-likeness (QED) is 0.466. The SMILES string of the molecule is CCN(CC)c1ccc(N2CC=C[C@]34S[C@@H]5C=CCN(Cc6ccccc6)C(=O)[C@@H]5[C@H]3C(=O)N([C@H](C)CO)C4C2=O)cc1. The van der Waals surface area contributed by atoms with Crippen molar-refractivity contribution in [2.45, 2.75) is 49.4 Å². The third kappa shape index (κ3) is 4.86. The van der Waals surface area contributed by atoms with Crippen molar-refractivity contribution in [1.29, 1.82) is 0 Å². The first-order chi connectivity index (χ1) is 20.8. The number of hydrogen-bond acceptors (Lipinski definition) is 6. The molecule has 2 aromatic rings. The van der Waals surface area contributed by atoms with Crippen LogP contribution in [0.15, 0.2) is 78.9 Å². The molecule has 6 atom stereocenters. The second-order valence-electron chi connectivity index (χ2n) is 11.8. The highest BCUT2D eigenvalue weighted by Crippen LogP contribution is 2.61. The Labute approximate surface area is 258 Å². The minimum absolute atomic E-state index is 0.0622. The van der Waals surface area contributed by atoms with Gasteiger partial charge in [0, 0.05) is 49.3 Å². The molecule has 1 N–H and O–H groups in total. The molecule has 2 fully saturated rings. The fourth-order valence-electron chi connectivity index (χ4n) is 7.30. The first kappa shape index (κ1) is 29.5. The average molecular weight is 601 g/mol. The Morgan fingerprint density at radius 3 is 2.35 bits per heavy atom. The largest absolute Gasteiger partial charge is 0.394 e. The van der Waals surface area contributed by atoms with Crippen LogP contribution in [0.5, 0.6) is 0 Å². The van der Waals surface area contributed by atoms with E-state index >= 15 is 0 Å². The number of carbonyl (C=O) groups excluding carboxylic acids is 3. The molecular formula is C34H40N4O4S. The van der Waals surface area contributed by atoms with E-state index < -0.39 is 28.7 Å². The molecule has 2 aromatic carbocycles. The zero-order chi connectivity index (χ0) is 30.3. The second kappa shape index (κ2) is 11.8. The van der Waals surface area contributed by atoms with Crippen molar-refractivity contribution < 1.29 is 19.5 Å². The number of nitrogens with zero attached hydrogens (tertiary/aromatic N) is 4. The number of rotatable bonds is 8. The molecule has 0 aliphatic carbocycles. The van der Waals surface area contributed by atoms with Crippen LogP contribution in [0.4, 0.5) is 11.4 Å². The van der Waals surface area contributed by atoms with Crippen LogP contribution in [0.25, 0.3) is 0 Å². The van der Waals surface area contributed by atoms with Crippen LogP contribution in [-0.4, -0.2) is 87.5 Å². The average Bonchev–Trinajstić information content (AvgIpc) is 3.36. The predicted octanol–water partition coefficient (Wildman–Crippen LogP) is 3.71. The monoisotopic (exact) mass is 600 g/mol. The molecule has 226 valence electrons. The van der Waals surface area contributed by atoms with Crippen molar-refractivity contribution in [1.82, 2.24) is 9.80 Å². The Kier molecular flexibility index (Phi) is 8.13. The van der Waals surface area contributed by atoms with Gasteiger partial charge in [-0.15, -0.1) is 11.8 Å². The lowest BCUT2D eigenvalue weighted by molar-refractivity contribution is -0.144. The van der Waals surface area contributed by atoms with Crippen LogP contribution in [0.3, 0.4) is 0 Å². The molecule has 6 rings (SSSR count). The van der Waals surface area contributed by atoms with Crippen molar-refractivity contribution >= 4 is 40.9 Å². The van der Waals surface area contributed by atoms with E-state index in [0.29, 0.717) is 19.6 Å². The highest BCUT2D eigenvalue weighted by Gasteiger charge is 2.71. The number of fused-ring (bicyclic) bond motifs is 2. The van der Waals surface area contributed by atoms with E-state index in [1.807, 2.05) is 77.7 Å². The van der Waals surface area contributed by atoms with Crippen LogP contribution < -0.4 is 9.80 Å². The van der Waals surface area contributed by atoms with Gasteiger partial charge in [-0.1, -0.05) is 54.6 Å². The molecule has 0 aromatic heterocycles. The molecule has 1 unspecified atom stereocenters. The summed E-state index contributed by atoms with van der Waals surface area (Å²) in [7, 11) is 0. The molecule has 43 heavy (non-hydrogen) atoms. The maximum atomic E-state index is 14.6. The highest BCUT2D eigenvalue weighted by atomic mass is 32.2. The van der Waals surface area contributed by atoms with Crippen LogP contribution in [0, 0.1) is 11.8 Å². The number of thioether (sulfide) groups is 1. The summed E-state index contributed by atoms with van der Waals surface area (Å²) < 4.78 is -0.918. The summed E-state index contributed by atoms with van der Waals surface area (Å²) in [6.45, 7) is 8.80. The number of benzene rings is 2. The number of carbonyl (C=O) groups is 3. The van der Waals surface area contributed by atoms with E-state index in [4.69, 9.17) is 0 Å². The van der Waals surface area contributed by atoms with Gasteiger partial charge in [-0.2, -0.15) is 0 Å². The third-order valence-corrected chi connectivity index (χ3v) is 11.2. The summed E-state index contributed by atoms with van der Waals surface area (Å²) >= 11 is 1.56. The summed E-state index contributed by atoms with van der Waals surface area (Å²) in [5.41, 5.74) is 2.88. The molecule has 4 heterocycles. The Hall–Kier alpha value is -3.56. The first-order valence-electron chi connectivity index (χ1n) is 15.3.